The lowest BCUT2D eigenvalue weighted by molar-refractivity contribution is -0.117. The Morgan fingerprint density at radius 2 is 1.97 bits per heavy atom. The van der Waals surface area contributed by atoms with Gasteiger partial charge in [0.1, 0.15) is 11.6 Å². The first kappa shape index (κ1) is 19.9. The fourth-order valence-electron chi connectivity index (χ4n) is 4.57. The summed E-state index contributed by atoms with van der Waals surface area (Å²) in [6.45, 7) is 2.70. The van der Waals surface area contributed by atoms with Crippen LogP contribution in [-0.2, 0) is 4.79 Å². The summed E-state index contributed by atoms with van der Waals surface area (Å²) in [5, 5.41) is 16.0. The summed E-state index contributed by atoms with van der Waals surface area (Å²) in [5.74, 6) is 2.07. The third-order valence-corrected chi connectivity index (χ3v) is 6.19. The molecule has 3 atom stereocenters. The SMILES string of the molecule is COc1ccc(C2NNCC2C2CC(=O)Nc3c2c(C)nn3-c2ccc(Cl)nn2)cc1. The zero-order valence-electron chi connectivity index (χ0n) is 17.1. The van der Waals surface area contributed by atoms with Gasteiger partial charge in [0.15, 0.2) is 11.0 Å². The molecule has 10 heteroatoms. The molecule has 0 radical (unpaired) electrons. The minimum atomic E-state index is -0.0408. The molecule has 3 N–H and O–H groups in total. The number of amides is 1. The molecule has 1 saturated heterocycles. The van der Waals surface area contributed by atoms with Crippen molar-refractivity contribution in [2.45, 2.75) is 25.3 Å². The molecule has 2 aliphatic rings. The van der Waals surface area contributed by atoms with Crippen molar-refractivity contribution in [3.63, 3.8) is 0 Å². The van der Waals surface area contributed by atoms with Crippen molar-refractivity contribution in [3.05, 3.63) is 58.4 Å². The summed E-state index contributed by atoms with van der Waals surface area (Å²) in [4.78, 5) is 12.7. The maximum Gasteiger partial charge on any atom is 0.226 e. The second kappa shape index (κ2) is 7.92. The number of nitrogens with one attached hydrogen (secondary N) is 3. The average molecular weight is 440 g/mol. The Bertz CT molecular complexity index is 1110. The van der Waals surface area contributed by atoms with Crippen LogP contribution in [0.5, 0.6) is 5.75 Å². The molecular weight excluding hydrogens is 418 g/mol. The number of hydrazine groups is 1. The number of ether oxygens (including phenoxy) is 1. The maximum absolute atomic E-state index is 12.7. The van der Waals surface area contributed by atoms with Gasteiger partial charge in [0.05, 0.1) is 18.8 Å². The van der Waals surface area contributed by atoms with Crippen molar-refractivity contribution >= 4 is 23.3 Å². The first-order valence-corrected chi connectivity index (χ1v) is 10.4. The molecule has 0 spiro atoms. The average Bonchev–Trinajstić information content (AvgIpc) is 3.39. The summed E-state index contributed by atoms with van der Waals surface area (Å²) >= 11 is 5.88. The van der Waals surface area contributed by atoms with Gasteiger partial charge in [-0.15, -0.1) is 10.2 Å². The zero-order chi connectivity index (χ0) is 21.5. The molecule has 1 amide bonds. The Balaban J connectivity index is 1.54. The van der Waals surface area contributed by atoms with E-state index in [1.165, 1.54) is 0 Å². The van der Waals surface area contributed by atoms with Gasteiger partial charge in [0.2, 0.25) is 5.91 Å². The highest BCUT2D eigenvalue weighted by Crippen LogP contribution is 2.45. The minimum Gasteiger partial charge on any atom is -0.497 e. The van der Waals surface area contributed by atoms with Gasteiger partial charge in [-0.05, 0) is 36.8 Å². The summed E-state index contributed by atoms with van der Waals surface area (Å²) in [6.07, 6.45) is 0.395. The summed E-state index contributed by atoms with van der Waals surface area (Å²) in [7, 11) is 1.65. The van der Waals surface area contributed by atoms with E-state index in [2.05, 4.69) is 43.6 Å². The highest BCUT2D eigenvalue weighted by atomic mass is 35.5. The number of nitrogens with zero attached hydrogens (tertiary/aromatic N) is 4. The number of fused-ring (bicyclic) bond motifs is 1. The Kier molecular flexibility index (Phi) is 5.09. The van der Waals surface area contributed by atoms with Crippen molar-refractivity contribution in [1.82, 2.24) is 30.8 Å². The number of rotatable bonds is 4. The van der Waals surface area contributed by atoms with E-state index in [9.17, 15) is 4.79 Å². The lowest BCUT2D eigenvalue weighted by Gasteiger charge is -2.31. The van der Waals surface area contributed by atoms with Crippen LogP contribution in [-0.4, -0.2) is 39.5 Å². The van der Waals surface area contributed by atoms with Crippen molar-refractivity contribution in [2.75, 3.05) is 19.0 Å². The second-order valence-electron chi connectivity index (χ2n) is 7.77. The third-order valence-electron chi connectivity index (χ3n) is 5.99. The van der Waals surface area contributed by atoms with Crippen LogP contribution in [0.15, 0.2) is 36.4 Å². The largest absolute Gasteiger partial charge is 0.497 e. The number of halogens is 1. The Morgan fingerprint density at radius 3 is 2.68 bits per heavy atom. The number of anilines is 1. The van der Waals surface area contributed by atoms with Crippen LogP contribution in [0.1, 0.15) is 35.2 Å². The number of carbonyl (C=O) groups is 1. The fourth-order valence-corrected chi connectivity index (χ4v) is 4.67. The van der Waals surface area contributed by atoms with Gasteiger partial charge >= 0.3 is 0 Å². The van der Waals surface area contributed by atoms with Crippen molar-refractivity contribution in [3.8, 4) is 11.6 Å². The predicted octanol–water partition coefficient (Wildman–Crippen LogP) is 2.52. The molecule has 2 aromatic heterocycles. The van der Waals surface area contributed by atoms with E-state index < -0.39 is 0 Å². The number of methoxy groups -OCH3 is 1. The number of hydrogen-bond acceptors (Lipinski definition) is 7. The topological polar surface area (TPSA) is 106 Å². The molecule has 0 saturated carbocycles. The molecule has 2 aliphatic heterocycles. The highest BCUT2D eigenvalue weighted by molar-refractivity contribution is 6.29. The predicted molar refractivity (Wildman–Crippen MR) is 115 cm³/mol. The molecule has 0 bridgehead atoms. The molecule has 31 heavy (non-hydrogen) atoms. The number of carbonyl (C=O) groups excluding carboxylic acids is 1. The molecule has 160 valence electrons. The third kappa shape index (κ3) is 3.54. The van der Waals surface area contributed by atoms with Crippen LogP contribution in [0.2, 0.25) is 5.15 Å². The smallest absolute Gasteiger partial charge is 0.226 e. The Labute approximate surface area is 184 Å². The van der Waals surface area contributed by atoms with Crippen molar-refractivity contribution in [1.29, 1.82) is 0 Å². The molecule has 9 nitrogen and oxygen atoms in total. The van der Waals surface area contributed by atoms with Gasteiger partial charge < -0.3 is 10.1 Å². The first-order chi connectivity index (χ1) is 15.0. The van der Waals surface area contributed by atoms with Crippen LogP contribution in [0.25, 0.3) is 5.82 Å². The minimum absolute atomic E-state index is 0.00707. The molecule has 5 rings (SSSR count). The number of aryl methyl sites for hydroxylation is 1. The fraction of sp³-hybridized carbons (Fsp3) is 0.333. The first-order valence-electron chi connectivity index (χ1n) is 10.1. The lowest BCUT2D eigenvalue weighted by atomic mass is 9.76. The zero-order valence-corrected chi connectivity index (χ0v) is 17.8. The molecule has 0 aliphatic carbocycles. The highest BCUT2D eigenvalue weighted by Gasteiger charge is 2.42. The van der Waals surface area contributed by atoms with Gasteiger partial charge in [0, 0.05) is 30.4 Å². The maximum atomic E-state index is 12.7. The van der Waals surface area contributed by atoms with E-state index >= 15 is 0 Å². The van der Waals surface area contributed by atoms with Gasteiger partial charge in [-0.25, -0.2) is 5.43 Å². The van der Waals surface area contributed by atoms with Gasteiger partial charge in [0.25, 0.3) is 0 Å². The monoisotopic (exact) mass is 439 g/mol. The Hall–Kier alpha value is -3.01. The van der Waals surface area contributed by atoms with E-state index in [-0.39, 0.29) is 23.8 Å². The van der Waals surface area contributed by atoms with E-state index in [0.717, 1.165) is 29.1 Å². The Morgan fingerprint density at radius 1 is 1.16 bits per heavy atom. The number of aromatic nitrogens is 4. The van der Waals surface area contributed by atoms with Gasteiger partial charge in [-0.2, -0.15) is 9.78 Å². The molecule has 3 unspecified atom stereocenters. The van der Waals surface area contributed by atoms with Crippen LogP contribution < -0.4 is 20.9 Å². The quantitative estimate of drug-likeness (QED) is 0.573. The standard InChI is InChI=1S/C21H22ClN7O2/c1-11-19-14(15-10-23-27-20(15)12-3-5-13(31-2)6-4-12)9-18(30)24-21(19)29(28-11)17-8-7-16(22)25-26-17/h3-8,14-15,20,23,27H,9-10H2,1-2H3,(H,24,30). The lowest BCUT2D eigenvalue weighted by Crippen LogP contribution is -2.31. The van der Waals surface area contributed by atoms with Crippen molar-refractivity contribution in [2.24, 2.45) is 5.92 Å². The summed E-state index contributed by atoms with van der Waals surface area (Å²) in [5.41, 5.74) is 9.69. The van der Waals surface area contributed by atoms with Crippen LogP contribution in [0, 0.1) is 12.8 Å². The van der Waals surface area contributed by atoms with Gasteiger partial charge in [-0.1, -0.05) is 23.7 Å². The molecule has 3 aromatic rings. The van der Waals surface area contributed by atoms with Crippen molar-refractivity contribution < 1.29 is 9.53 Å². The number of benzene rings is 1. The summed E-state index contributed by atoms with van der Waals surface area (Å²) < 4.78 is 6.92. The van der Waals surface area contributed by atoms with E-state index in [1.807, 2.05) is 19.1 Å². The second-order valence-corrected chi connectivity index (χ2v) is 8.16. The summed E-state index contributed by atoms with van der Waals surface area (Å²) in [6, 6.07) is 11.4. The van der Waals surface area contributed by atoms with Crippen LogP contribution >= 0.6 is 11.6 Å². The molecular formula is C21H22ClN7O2. The van der Waals surface area contributed by atoms with E-state index in [0.29, 0.717) is 23.2 Å². The molecule has 1 fully saturated rings. The molecule has 4 heterocycles. The molecule has 1 aromatic carbocycles. The van der Waals surface area contributed by atoms with Crippen LogP contribution in [0.4, 0.5) is 5.82 Å². The number of hydrogen-bond donors (Lipinski definition) is 3. The normalized spacial score (nSPS) is 22.8. The van der Waals surface area contributed by atoms with E-state index in [4.69, 9.17) is 16.3 Å². The van der Waals surface area contributed by atoms with Gasteiger partial charge in [-0.3, -0.25) is 10.2 Å². The van der Waals surface area contributed by atoms with Crippen LogP contribution in [0.3, 0.4) is 0 Å². The van der Waals surface area contributed by atoms with E-state index in [1.54, 1.807) is 23.9 Å².